The summed E-state index contributed by atoms with van der Waals surface area (Å²) in [6.45, 7) is 1.54. The Morgan fingerprint density at radius 1 is 1.28 bits per heavy atom. The Morgan fingerprint density at radius 2 is 2.00 bits per heavy atom. The van der Waals surface area contributed by atoms with Crippen molar-refractivity contribution in [3.05, 3.63) is 57.5 Å². The maximum absolute atomic E-state index is 13.3. The van der Waals surface area contributed by atoms with Crippen LogP contribution in [0.25, 0.3) is 0 Å². The van der Waals surface area contributed by atoms with Crippen molar-refractivity contribution in [2.24, 2.45) is 0 Å². The average Bonchev–Trinajstić information content (AvgIpc) is 2.55. The molecule has 0 fully saturated rings. The van der Waals surface area contributed by atoms with E-state index >= 15 is 0 Å². The number of aromatic nitrogens is 2. The number of esters is 1. The number of nitrogens with one attached hydrogen (secondary N) is 1. The van der Waals surface area contributed by atoms with Crippen LogP contribution in [0.3, 0.4) is 0 Å². The number of halogens is 2. The van der Waals surface area contributed by atoms with Crippen molar-refractivity contribution in [1.82, 2.24) is 9.97 Å². The molecule has 1 aromatic carbocycles. The van der Waals surface area contributed by atoms with Crippen molar-refractivity contribution in [2.45, 2.75) is 23.8 Å². The molecule has 0 aliphatic rings. The van der Waals surface area contributed by atoms with Crippen molar-refractivity contribution >= 4 is 23.5 Å². The molecule has 2 rings (SSSR count). The Kier molecular flexibility index (Phi) is 6.02. The molecule has 6 nitrogen and oxygen atoms in total. The summed E-state index contributed by atoms with van der Waals surface area (Å²) in [5.74, 6) is -3.17. The standard InChI is InChI=1S/C16H14F2N2O4S/c1-8(15(23)9-3-4-11(17)12(18)5-9)25-16-19-10(6-13(21)20-16)7-14(22)24-2/h3-6,8H,7H2,1-2H3,(H,19,20,21)/t8-/m1/s1. The number of rotatable bonds is 6. The Balaban J connectivity index is 2.17. The molecule has 1 atom stereocenters. The molecule has 0 radical (unpaired) electrons. The van der Waals surface area contributed by atoms with Crippen LogP contribution in [0.4, 0.5) is 8.78 Å². The first kappa shape index (κ1) is 18.8. The molecule has 0 spiro atoms. The van der Waals surface area contributed by atoms with Crippen LogP contribution in [0, 0.1) is 11.6 Å². The third-order valence-corrected chi connectivity index (χ3v) is 4.17. The number of Topliss-reactive ketones (excluding diaryl/α,β-unsaturated/α-hetero) is 1. The molecule has 0 amide bonds. The zero-order valence-electron chi connectivity index (χ0n) is 13.3. The molecular weight excluding hydrogens is 354 g/mol. The third kappa shape index (κ3) is 4.96. The first-order valence-electron chi connectivity index (χ1n) is 7.13. The minimum atomic E-state index is -1.12. The van der Waals surface area contributed by atoms with Crippen LogP contribution >= 0.6 is 11.8 Å². The maximum atomic E-state index is 13.3. The Morgan fingerprint density at radius 3 is 2.64 bits per heavy atom. The minimum Gasteiger partial charge on any atom is -0.469 e. The number of H-pyrrole nitrogens is 1. The molecule has 1 heterocycles. The van der Waals surface area contributed by atoms with E-state index < -0.39 is 34.2 Å². The number of carbonyl (C=O) groups excluding carboxylic acids is 2. The number of aromatic amines is 1. The molecule has 0 saturated heterocycles. The number of thioether (sulfide) groups is 1. The SMILES string of the molecule is COC(=O)Cc1cc(=O)[nH]c(S[C@H](C)C(=O)c2ccc(F)c(F)c2)n1. The molecule has 0 bridgehead atoms. The first-order valence-corrected chi connectivity index (χ1v) is 8.01. The summed E-state index contributed by atoms with van der Waals surface area (Å²) in [7, 11) is 1.22. The van der Waals surface area contributed by atoms with Gasteiger partial charge in [-0.15, -0.1) is 0 Å². The van der Waals surface area contributed by atoms with E-state index in [4.69, 9.17) is 0 Å². The molecular formula is C16H14F2N2O4S. The normalized spacial score (nSPS) is 11.8. The zero-order chi connectivity index (χ0) is 18.6. The first-order chi connectivity index (χ1) is 11.8. The van der Waals surface area contributed by atoms with Gasteiger partial charge in [-0.1, -0.05) is 11.8 Å². The summed E-state index contributed by atoms with van der Waals surface area (Å²) in [6, 6.07) is 4.03. The van der Waals surface area contributed by atoms with Gasteiger partial charge in [0.05, 0.1) is 24.5 Å². The molecule has 25 heavy (non-hydrogen) atoms. The van der Waals surface area contributed by atoms with Gasteiger partial charge in [-0.05, 0) is 25.1 Å². The van der Waals surface area contributed by atoms with Crippen molar-refractivity contribution in [3.63, 3.8) is 0 Å². The summed E-state index contributed by atoms with van der Waals surface area (Å²) in [6.07, 6.45) is -0.181. The Bertz CT molecular complexity index is 869. The number of ketones is 1. The van der Waals surface area contributed by atoms with Crippen LogP contribution < -0.4 is 5.56 Å². The Hall–Kier alpha value is -2.55. The van der Waals surface area contributed by atoms with Gasteiger partial charge in [-0.3, -0.25) is 14.4 Å². The van der Waals surface area contributed by atoms with E-state index in [1.165, 1.54) is 13.2 Å². The number of hydrogen-bond donors (Lipinski definition) is 1. The fraction of sp³-hybridized carbons (Fsp3) is 0.250. The summed E-state index contributed by atoms with van der Waals surface area (Å²) in [5, 5.41) is -0.587. The number of hydrogen-bond acceptors (Lipinski definition) is 6. The van der Waals surface area contributed by atoms with Gasteiger partial charge in [0.25, 0.3) is 5.56 Å². The number of benzene rings is 1. The van der Waals surface area contributed by atoms with Crippen molar-refractivity contribution in [1.29, 1.82) is 0 Å². The Labute approximate surface area is 145 Å². The average molecular weight is 368 g/mol. The van der Waals surface area contributed by atoms with E-state index in [1.54, 1.807) is 6.92 Å². The molecule has 132 valence electrons. The highest BCUT2D eigenvalue weighted by Crippen LogP contribution is 2.23. The van der Waals surface area contributed by atoms with Crippen molar-refractivity contribution < 1.29 is 23.1 Å². The summed E-state index contributed by atoms with van der Waals surface area (Å²) in [4.78, 5) is 41.8. The van der Waals surface area contributed by atoms with E-state index in [9.17, 15) is 23.2 Å². The highest BCUT2D eigenvalue weighted by molar-refractivity contribution is 8.00. The van der Waals surface area contributed by atoms with Gasteiger partial charge in [0.15, 0.2) is 22.6 Å². The highest BCUT2D eigenvalue weighted by Gasteiger charge is 2.19. The third-order valence-electron chi connectivity index (χ3n) is 3.19. The number of nitrogens with zero attached hydrogens (tertiary/aromatic N) is 1. The van der Waals surface area contributed by atoms with Crippen LogP contribution in [0.5, 0.6) is 0 Å². The lowest BCUT2D eigenvalue weighted by Crippen LogP contribution is -2.18. The highest BCUT2D eigenvalue weighted by atomic mass is 32.2. The predicted octanol–water partition coefficient (Wildman–Crippen LogP) is 2.13. The van der Waals surface area contributed by atoms with E-state index in [-0.39, 0.29) is 22.8 Å². The van der Waals surface area contributed by atoms with Crippen LogP contribution in [0.2, 0.25) is 0 Å². The lowest BCUT2D eigenvalue weighted by Gasteiger charge is -2.10. The van der Waals surface area contributed by atoms with E-state index in [2.05, 4.69) is 14.7 Å². The van der Waals surface area contributed by atoms with Crippen molar-refractivity contribution in [3.8, 4) is 0 Å². The second-order valence-corrected chi connectivity index (χ2v) is 6.38. The molecule has 0 aliphatic carbocycles. The van der Waals surface area contributed by atoms with E-state index in [0.29, 0.717) is 0 Å². The predicted molar refractivity (Wildman–Crippen MR) is 86.6 cm³/mol. The largest absolute Gasteiger partial charge is 0.469 e. The molecule has 0 saturated carbocycles. The monoisotopic (exact) mass is 368 g/mol. The smallest absolute Gasteiger partial charge is 0.311 e. The molecule has 1 N–H and O–H groups in total. The van der Waals surface area contributed by atoms with Gasteiger partial charge in [0.2, 0.25) is 0 Å². The summed E-state index contributed by atoms with van der Waals surface area (Å²) < 4.78 is 30.7. The van der Waals surface area contributed by atoms with Crippen LogP contribution in [-0.2, 0) is 16.0 Å². The zero-order valence-corrected chi connectivity index (χ0v) is 14.2. The van der Waals surface area contributed by atoms with E-state index in [0.717, 1.165) is 30.0 Å². The van der Waals surface area contributed by atoms with Gasteiger partial charge in [0, 0.05) is 11.6 Å². The second kappa shape index (κ2) is 8.02. The van der Waals surface area contributed by atoms with Gasteiger partial charge < -0.3 is 9.72 Å². The molecule has 0 aliphatic heterocycles. The van der Waals surface area contributed by atoms with E-state index in [1.807, 2.05) is 0 Å². The number of carbonyl (C=O) groups is 2. The van der Waals surface area contributed by atoms with Crippen LogP contribution in [0.1, 0.15) is 23.0 Å². The van der Waals surface area contributed by atoms with Crippen LogP contribution in [0.15, 0.2) is 34.2 Å². The van der Waals surface area contributed by atoms with Crippen LogP contribution in [-0.4, -0.2) is 34.1 Å². The lowest BCUT2D eigenvalue weighted by molar-refractivity contribution is -0.139. The lowest BCUT2D eigenvalue weighted by atomic mass is 10.1. The van der Waals surface area contributed by atoms with Gasteiger partial charge >= 0.3 is 5.97 Å². The van der Waals surface area contributed by atoms with Gasteiger partial charge in [0.1, 0.15) is 0 Å². The molecule has 0 unspecified atom stereocenters. The molecule has 2 aromatic rings. The summed E-state index contributed by atoms with van der Waals surface area (Å²) in [5.41, 5.74) is -0.276. The minimum absolute atomic E-state index is 0.00645. The fourth-order valence-corrected chi connectivity index (χ4v) is 2.86. The molecule has 9 heteroatoms. The second-order valence-electron chi connectivity index (χ2n) is 5.05. The number of methoxy groups -OCH3 is 1. The van der Waals surface area contributed by atoms with Crippen molar-refractivity contribution in [2.75, 3.05) is 7.11 Å². The van der Waals surface area contributed by atoms with Gasteiger partial charge in [-0.2, -0.15) is 0 Å². The fourth-order valence-electron chi connectivity index (χ4n) is 1.95. The molecule has 1 aromatic heterocycles. The quantitative estimate of drug-likeness (QED) is 0.364. The maximum Gasteiger partial charge on any atom is 0.311 e. The number of ether oxygens (including phenoxy) is 1. The topological polar surface area (TPSA) is 89.1 Å². The summed E-state index contributed by atoms with van der Waals surface area (Å²) >= 11 is 0.935. The van der Waals surface area contributed by atoms with Gasteiger partial charge in [-0.25, -0.2) is 13.8 Å².